The molecule has 0 fully saturated rings. The zero-order valence-corrected chi connectivity index (χ0v) is 6.27. The molecule has 0 aromatic heterocycles. The van der Waals surface area contributed by atoms with Crippen LogP contribution in [0, 0.1) is 5.92 Å². The molecule has 3 heteroatoms. The maximum absolute atomic E-state index is 9.97. The second-order valence-corrected chi connectivity index (χ2v) is 2.27. The molecule has 0 amide bonds. The van der Waals surface area contributed by atoms with Gasteiger partial charge in [-0.2, -0.15) is 0 Å². The Labute approximate surface area is 60.3 Å². The lowest BCUT2D eigenvalue weighted by molar-refractivity contribution is 0.214. The summed E-state index contributed by atoms with van der Waals surface area (Å²) in [6, 6.07) is 0. The Hall–Kier alpha value is -0.570. The van der Waals surface area contributed by atoms with Gasteiger partial charge in [-0.15, -0.1) is 0 Å². The summed E-state index contributed by atoms with van der Waals surface area (Å²) >= 11 is 4.12. The first-order valence-electron chi connectivity index (χ1n) is 2.67. The van der Waals surface area contributed by atoms with Crippen LogP contribution >= 0.6 is 12.6 Å². The van der Waals surface area contributed by atoms with Gasteiger partial charge in [0.1, 0.15) is 0 Å². The Balaban J connectivity index is 3.36. The van der Waals surface area contributed by atoms with Crippen LogP contribution in [-0.2, 0) is 4.74 Å². The quantitative estimate of drug-likeness (QED) is 0.440. The van der Waals surface area contributed by atoms with E-state index in [1.165, 1.54) is 6.26 Å². The highest BCUT2D eigenvalue weighted by molar-refractivity contribution is 7.96. The third-order valence-corrected chi connectivity index (χ3v) is 0.724. The SMILES string of the molecule is CC(C)/C=C/OC(=O)[S]. The van der Waals surface area contributed by atoms with Crippen molar-refractivity contribution in [2.24, 2.45) is 5.92 Å². The van der Waals surface area contributed by atoms with Crippen LogP contribution < -0.4 is 0 Å². The highest BCUT2D eigenvalue weighted by atomic mass is 32.1. The van der Waals surface area contributed by atoms with E-state index < -0.39 is 5.30 Å². The Bertz CT molecular complexity index is 118. The highest BCUT2D eigenvalue weighted by Crippen LogP contribution is 1.94. The van der Waals surface area contributed by atoms with Crippen LogP contribution in [0.4, 0.5) is 4.79 Å². The van der Waals surface area contributed by atoms with Gasteiger partial charge in [-0.1, -0.05) is 13.8 Å². The third-order valence-electron chi connectivity index (χ3n) is 0.628. The maximum atomic E-state index is 9.97. The van der Waals surface area contributed by atoms with Crippen LogP contribution in [0.1, 0.15) is 13.8 Å². The van der Waals surface area contributed by atoms with Gasteiger partial charge >= 0.3 is 5.30 Å². The van der Waals surface area contributed by atoms with Gasteiger partial charge in [0.05, 0.1) is 6.26 Å². The maximum Gasteiger partial charge on any atom is 0.404 e. The van der Waals surface area contributed by atoms with Gasteiger partial charge < -0.3 is 4.74 Å². The summed E-state index contributed by atoms with van der Waals surface area (Å²) in [5.41, 5.74) is 0. The summed E-state index contributed by atoms with van der Waals surface area (Å²) in [4.78, 5) is 9.97. The fourth-order valence-electron chi connectivity index (χ4n) is 0.252. The minimum absolute atomic E-state index is 0.388. The number of hydrogen-bond donors (Lipinski definition) is 0. The van der Waals surface area contributed by atoms with E-state index in [-0.39, 0.29) is 0 Å². The number of hydrogen-bond acceptors (Lipinski definition) is 2. The van der Waals surface area contributed by atoms with Gasteiger partial charge in [-0.25, -0.2) is 4.79 Å². The zero-order valence-electron chi connectivity index (χ0n) is 5.46. The molecule has 0 aromatic rings. The molecule has 0 bridgehead atoms. The van der Waals surface area contributed by atoms with E-state index in [1.807, 2.05) is 13.8 Å². The minimum Gasteiger partial charge on any atom is -0.423 e. The fraction of sp³-hybridized carbons (Fsp3) is 0.500. The molecule has 9 heavy (non-hydrogen) atoms. The normalized spacial score (nSPS) is 10.6. The van der Waals surface area contributed by atoms with E-state index in [4.69, 9.17) is 0 Å². The lowest BCUT2D eigenvalue weighted by Gasteiger charge is -1.91. The third kappa shape index (κ3) is 7.43. The Morgan fingerprint density at radius 2 is 2.22 bits per heavy atom. The Morgan fingerprint density at radius 3 is 2.56 bits per heavy atom. The summed E-state index contributed by atoms with van der Waals surface area (Å²) in [6.07, 6.45) is 3.07. The zero-order chi connectivity index (χ0) is 7.28. The molecule has 0 saturated carbocycles. The Morgan fingerprint density at radius 1 is 1.67 bits per heavy atom. The lowest BCUT2D eigenvalue weighted by Crippen LogP contribution is -1.84. The average Bonchev–Trinajstić information content (AvgIpc) is 1.63. The van der Waals surface area contributed by atoms with Crippen LogP contribution in [0.25, 0.3) is 0 Å². The molecule has 0 unspecified atom stereocenters. The van der Waals surface area contributed by atoms with Gasteiger partial charge in [-0.3, -0.25) is 0 Å². The van der Waals surface area contributed by atoms with Crippen molar-refractivity contribution in [3.05, 3.63) is 12.3 Å². The van der Waals surface area contributed by atoms with E-state index >= 15 is 0 Å². The summed E-state index contributed by atoms with van der Waals surface area (Å²) in [5.74, 6) is 0.388. The van der Waals surface area contributed by atoms with Crippen molar-refractivity contribution in [2.45, 2.75) is 13.8 Å². The smallest absolute Gasteiger partial charge is 0.404 e. The number of carbonyl (C=O) groups excluding carboxylic acids is 1. The van der Waals surface area contributed by atoms with Crippen molar-refractivity contribution in [2.75, 3.05) is 0 Å². The predicted molar refractivity (Wildman–Crippen MR) is 38.1 cm³/mol. The average molecular weight is 145 g/mol. The molecule has 0 atom stereocenters. The summed E-state index contributed by atoms with van der Waals surface area (Å²) in [6.45, 7) is 3.96. The van der Waals surface area contributed by atoms with Crippen LogP contribution in [-0.4, -0.2) is 5.30 Å². The van der Waals surface area contributed by atoms with Gasteiger partial charge in [0, 0.05) is 12.6 Å². The van der Waals surface area contributed by atoms with E-state index in [2.05, 4.69) is 17.4 Å². The monoisotopic (exact) mass is 145 g/mol. The molecule has 0 saturated heterocycles. The molecule has 0 aliphatic rings. The molecule has 0 heterocycles. The van der Waals surface area contributed by atoms with Crippen molar-refractivity contribution in [3.63, 3.8) is 0 Å². The molecule has 0 aromatic carbocycles. The molecule has 0 aliphatic carbocycles. The van der Waals surface area contributed by atoms with Crippen LogP contribution in [0.5, 0.6) is 0 Å². The highest BCUT2D eigenvalue weighted by Gasteiger charge is 1.88. The van der Waals surface area contributed by atoms with E-state index in [1.54, 1.807) is 6.08 Å². The molecule has 1 radical (unpaired) electrons. The molecule has 0 rings (SSSR count). The molecule has 0 aliphatic heterocycles. The number of allylic oxidation sites excluding steroid dienone is 1. The minimum atomic E-state index is -0.688. The molecular weight excluding hydrogens is 136 g/mol. The van der Waals surface area contributed by atoms with Crippen molar-refractivity contribution in [1.82, 2.24) is 0 Å². The van der Waals surface area contributed by atoms with Gasteiger partial charge in [0.15, 0.2) is 0 Å². The standard InChI is InChI=1S/C6H9O2S/c1-5(2)3-4-8-6(7)9/h3-5H,1-2H3/b4-3+. The van der Waals surface area contributed by atoms with Crippen molar-refractivity contribution in [3.8, 4) is 0 Å². The summed E-state index contributed by atoms with van der Waals surface area (Å²) < 4.78 is 4.35. The number of carbonyl (C=O) groups is 1. The first-order chi connectivity index (χ1) is 4.13. The molecular formula is C6H9O2S. The van der Waals surface area contributed by atoms with Crippen molar-refractivity contribution < 1.29 is 9.53 Å². The van der Waals surface area contributed by atoms with Crippen LogP contribution in [0.2, 0.25) is 0 Å². The van der Waals surface area contributed by atoms with Gasteiger partial charge in [0.25, 0.3) is 0 Å². The largest absolute Gasteiger partial charge is 0.423 e. The second-order valence-electron chi connectivity index (χ2n) is 1.94. The van der Waals surface area contributed by atoms with Gasteiger partial charge in [-0.05, 0) is 12.0 Å². The predicted octanol–water partition coefficient (Wildman–Crippen LogP) is 2.49. The van der Waals surface area contributed by atoms with E-state index in [0.717, 1.165) is 0 Å². The summed E-state index contributed by atoms with van der Waals surface area (Å²) in [7, 11) is 0. The first-order valence-corrected chi connectivity index (χ1v) is 3.08. The lowest BCUT2D eigenvalue weighted by atomic mass is 10.2. The van der Waals surface area contributed by atoms with E-state index in [0.29, 0.717) is 5.92 Å². The van der Waals surface area contributed by atoms with Crippen molar-refractivity contribution in [1.29, 1.82) is 0 Å². The fourth-order valence-corrected chi connectivity index (χ4v) is 0.308. The molecule has 0 spiro atoms. The number of ether oxygens (including phenoxy) is 1. The van der Waals surface area contributed by atoms with Crippen LogP contribution in [0.3, 0.4) is 0 Å². The molecule has 2 nitrogen and oxygen atoms in total. The topological polar surface area (TPSA) is 26.3 Å². The van der Waals surface area contributed by atoms with Crippen LogP contribution in [0.15, 0.2) is 12.3 Å². The van der Waals surface area contributed by atoms with Crippen molar-refractivity contribution >= 4 is 17.9 Å². The first kappa shape index (κ1) is 8.43. The van der Waals surface area contributed by atoms with Gasteiger partial charge in [0.2, 0.25) is 0 Å². The van der Waals surface area contributed by atoms with E-state index in [9.17, 15) is 4.79 Å². The Kier molecular flexibility index (Phi) is 4.05. The summed E-state index contributed by atoms with van der Waals surface area (Å²) in [5, 5.41) is -0.688. The second kappa shape index (κ2) is 4.32. The number of rotatable bonds is 2. The molecule has 51 valence electrons. The molecule has 0 N–H and O–H groups in total.